The lowest BCUT2D eigenvalue weighted by molar-refractivity contribution is -0.122. The van der Waals surface area contributed by atoms with Crippen LogP contribution in [0.2, 0.25) is 5.02 Å². The van der Waals surface area contributed by atoms with Crippen LogP contribution in [-0.2, 0) is 4.79 Å². The zero-order valence-electron chi connectivity index (χ0n) is 13.5. The summed E-state index contributed by atoms with van der Waals surface area (Å²) in [5, 5.41) is 3.57. The van der Waals surface area contributed by atoms with Gasteiger partial charge >= 0.3 is 0 Å². The molecule has 0 spiro atoms. The molecule has 0 bridgehead atoms. The van der Waals surface area contributed by atoms with E-state index in [1.807, 2.05) is 43.3 Å². The number of hydrogen-bond acceptors (Lipinski definition) is 3. The van der Waals surface area contributed by atoms with Crippen molar-refractivity contribution in [2.45, 2.75) is 25.9 Å². The number of carbonyl (C=O) groups is 1. The molecule has 3 N–H and O–H groups in total. The van der Waals surface area contributed by atoms with Gasteiger partial charge in [-0.25, -0.2) is 0 Å². The molecule has 1 unspecified atom stereocenters. The molecule has 0 aliphatic rings. The van der Waals surface area contributed by atoms with Crippen LogP contribution >= 0.6 is 11.6 Å². The summed E-state index contributed by atoms with van der Waals surface area (Å²) >= 11 is 6.34. The predicted octanol–water partition coefficient (Wildman–Crippen LogP) is 3.21. The van der Waals surface area contributed by atoms with Gasteiger partial charge in [-0.05, 0) is 48.7 Å². The zero-order valence-corrected chi connectivity index (χ0v) is 14.2. The van der Waals surface area contributed by atoms with Crippen LogP contribution in [0.5, 0.6) is 5.75 Å². The minimum atomic E-state index is -0.599. The van der Waals surface area contributed by atoms with E-state index in [4.69, 9.17) is 22.1 Å². The Balaban J connectivity index is 2.49. The number of rotatable bonds is 5. The van der Waals surface area contributed by atoms with Crippen LogP contribution in [0.1, 0.15) is 29.7 Å². The molecule has 122 valence electrons. The molecule has 2 atom stereocenters. The molecule has 0 aromatic heterocycles. The SMILES string of the molecule is COc1ccc(C(NC(=O)[C@H](C)N)c2ccccc2Cl)c(C)c1. The lowest BCUT2D eigenvalue weighted by Gasteiger charge is -2.24. The summed E-state index contributed by atoms with van der Waals surface area (Å²) in [5.74, 6) is 0.535. The van der Waals surface area contributed by atoms with Crippen LogP contribution in [0.15, 0.2) is 42.5 Å². The summed E-state index contributed by atoms with van der Waals surface area (Å²) in [7, 11) is 1.62. The van der Waals surface area contributed by atoms with Crippen LogP contribution in [0.3, 0.4) is 0 Å². The second-order valence-electron chi connectivity index (χ2n) is 5.47. The summed E-state index contributed by atoms with van der Waals surface area (Å²) in [4.78, 5) is 12.1. The molecule has 2 rings (SSSR count). The lowest BCUT2D eigenvalue weighted by atomic mass is 9.94. The van der Waals surface area contributed by atoms with E-state index in [1.165, 1.54) is 0 Å². The van der Waals surface area contributed by atoms with E-state index in [9.17, 15) is 4.79 Å². The van der Waals surface area contributed by atoms with Crippen molar-refractivity contribution in [3.8, 4) is 5.75 Å². The maximum atomic E-state index is 12.1. The first kappa shape index (κ1) is 17.3. The van der Waals surface area contributed by atoms with Gasteiger partial charge in [0.25, 0.3) is 0 Å². The Morgan fingerprint density at radius 2 is 1.91 bits per heavy atom. The normalized spacial score (nSPS) is 13.3. The van der Waals surface area contributed by atoms with E-state index < -0.39 is 6.04 Å². The van der Waals surface area contributed by atoms with Crippen LogP contribution < -0.4 is 15.8 Å². The molecule has 23 heavy (non-hydrogen) atoms. The molecule has 2 aromatic rings. The highest BCUT2D eigenvalue weighted by Crippen LogP contribution is 2.31. The van der Waals surface area contributed by atoms with Crippen molar-refractivity contribution in [3.05, 3.63) is 64.2 Å². The third kappa shape index (κ3) is 4.03. The number of nitrogens with two attached hydrogens (primary N) is 1. The minimum Gasteiger partial charge on any atom is -0.497 e. The van der Waals surface area contributed by atoms with Gasteiger partial charge in [0.15, 0.2) is 0 Å². The highest BCUT2D eigenvalue weighted by Gasteiger charge is 2.22. The molecule has 0 saturated heterocycles. The molecule has 0 heterocycles. The van der Waals surface area contributed by atoms with Gasteiger partial charge in [-0.3, -0.25) is 4.79 Å². The molecule has 4 nitrogen and oxygen atoms in total. The van der Waals surface area contributed by atoms with Gasteiger partial charge in [0.1, 0.15) is 5.75 Å². The number of amides is 1. The van der Waals surface area contributed by atoms with Crippen molar-refractivity contribution in [1.82, 2.24) is 5.32 Å². The fourth-order valence-corrected chi connectivity index (χ4v) is 2.65. The smallest absolute Gasteiger partial charge is 0.237 e. The van der Waals surface area contributed by atoms with Crippen molar-refractivity contribution in [2.24, 2.45) is 5.73 Å². The van der Waals surface area contributed by atoms with Gasteiger partial charge in [0.2, 0.25) is 5.91 Å². The number of methoxy groups -OCH3 is 1. The van der Waals surface area contributed by atoms with Crippen LogP contribution in [0, 0.1) is 6.92 Å². The molecule has 0 radical (unpaired) electrons. The second-order valence-corrected chi connectivity index (χ2v) is 5.88. The van der Waals surface area contributed by atoms with Crippen molar-refractivity contribution >= 4 is 17.5 Å². The standard InChI is InChI=1S/C18H21ClN2O2/c1-11-10-13(23-3)8-9-14(11)17(21-18(22)12(2)20)15-6-4-5-7-16(15)19/h4-10,12,17H,20H2,1-3H3,(H,21,22)/t12-,17?/m0/s1. The van der Waals surface area contributed by atoms with Gasteiger partial charge in [-0.1, -0.05) is 35.9 Å². The molecule has 0 aliphatic carbocycles. The molecule has 1 amide bonds. The fraction of sp³-hybridized carbons (Fsp3) is 0.278. The van der Waals surface area contributed by atoms with E-state index in [2.05, 4.69) is 5.32 Å². The van der Waals surface area contributed by atoms with Crippen molar-refractivity contribution in [3.63, 3.8) is 0 Å². The van der Waals surface area contributed by atoms with Crippen LogP contribution in [-0.4, -0.2) is 19.1 Å². The Labute approximate surface area is 141 Å². The highest BCUT2D eigenvalue weighted by atomic mass is 35.5. The Hall–Kier alpha value is -2.04. The maximum Gasteiger partial charge on any atom is 0.237 e. The summed E-state index contributed by atoms with van der Waals surface area (Å²) in [6.45, 7) is 3.62. The summed E-state index contributed by atoms with van der Waals surface area (Å²) in [6, 6.07) is 12.2. The highest BCUT2D eigenvalue weighted by molar-refractivity contribution is 6.31. The number of nitrogens with one attached hydrogen (secondary N) is 1. The predicted molar refractivity (Wildman–Crippen MR) is 92.8 cm³/mol. The molecule has 0 fully saturated rings. The van der Waals surface area contributed by atoms with Crippen molar-refractivity contribution < 1.29 is 9.53 Å². The Bertz CT molecular complexity index is 701. The molecule has 5 heteroatoms. The van der Waals surface area contributed by atoms with Crippen LogP contribution in [0.4, 0.5) is 0 Å². The molecular formula is C18H21ClN2O2. The molecular weight excluding hydrogens is 312 g/mol. The third-order valence-electron chi connectivity index (χ3n) is 3.70. The number of benzene rings is 2. The quantitative estimate of drug-likeness (QED) is 0.883. The topological polar surface area (TPSA) is 64.3 Å². The molecule has 0 saturated carbocycles. The first-order chi connectivity index (χ1) is 10.9. The van der Waals surface area contributed by atoms with Crippen LogP contribution in [0.25, 0.3) is 0 Å². The van der Waals surface area contributed by atoms with E-state index in [-0.39, 0.29) is 11.9 Å². The van der Waals surface area contributed by atoms with Gasteiger partial charge in [-0.15, -0.1) is 0 Å². The second kappa shape index (κ2) is 7.49. The fourth-order valence-electron chi connectivity index (χ4n) is 2.41. The van der Waals surface area contributed by atoms with E-state index in [0.717, 1.165) is 22.4 Å². The van der Waals surface area contributed by atoms with E-state index in [1.54, 1.807) is 20.1 Å². The Morgan fingerprint density at radius 3 is 2.48 bits per heavy atom. The maximum absolute atomic E-state index is 12.1. The largest absolute Gasteiger partial charge is 0.497 e. The summed E-state index contributed by atoms with van der Waals surface area (Å²) < 4.78 is 5.25. The van der Waals surface area contributed by atoms with Crippen molar-refractivity contribution in [1.29, 1.82) is 0 Å². The number of halogens is 1. The van der Waals surface area contributed by atoms with Gasteiger partial charge in [0.05, 0.1) is 19.2 Å². The monoisotopic (exact) mass is 332 g/mol. The number of carbonyl (C=O) groups excluding carboxylic acids is 1. The molecule has 2 aromatic carbocycles. The van der Waals surface area contributed by atoms with Gasteiger partial charge in [0, 0.05) is 5.02 Å². The first-order valence-electron chi connectivity index (χ1n) is 7.39. The summed E-state index contributed by atoms with van der Waals surface area (Å²) in [5.41, 5.74) is 8.48. The van der Waals surface area contributed by atoms with E-state index in [0.29, 0.717) is 5.02 Å². The number of aryl methyl sites for hydroxylation is 1. The van der Waals surface area contributed by atoms with E-state index >= 15 is 0 Å². The Kier molecular flexibility index (Phi) is 5.64. The average Bonchev–Trinajstić information content (AvgIpc) is 2.53. The number of hydrogen-bond donors (Lipinski definition) is 2. The van der Waals surface area contributed by atoms with Gasteiger partial charge < -0.3 is 15.8 Å². The van der Waals surface area contributed by atoms with Gasteiger partial charge in [-0.2, -0.15) is 0 Å². The minimum absolute atomic E-state index is 0.231. The number of ether oxygens (including phenoxy) is 1. The average molecular weight is 333 g/mol. The van der Waals surface area contributed by atoms with Crippen molar-refractivity contribution in [2.75, 3.05) is 7.11 Å². The summed E-state index contributed by atoms with van der Waals surface area (Å²) in [6.07, 6.45) is 0. The molecule has 0 aliphatic heterocycles. The zero-order chi connectivity index (χ0) is 17.0. The third-order valence-corrected chi connectivity index (χ3v) is 4.05. The first-order valence-corrected chi connectivity index (χ1v) is 7.76. The lowest BCUT2D eigenvalue weighted by Crippen LogP contribution is -2.40. The Morgan fingerprint density at radius 1 is 1.22 bits per heavy atom.